The van der Waals surface area contributed by atoms with E-state index in [1.165, 1.54) is 4.90 Å². The molecule has 0 bridgehead atoms. The number of nitrogens with zero attached hydrogens (tertiary/aromatic N) is 3. The van der Waals surface area contributed by atoms with E-state index in [-0.39, 0.29) is 30.3 Å². The molecule has 1 aromatic heterocycles. The predicted octanol–water partition coefficient (Wildman–Crippen LogP) is 4.34. The van der Waals surface area contributed by atoms with Crippen LogP contribution in [0, 0.1) is 0 Å². The molecule has 7 nitrogen and oxygen atoms in total. The molecule has 1 atom stereocenters. The van der Waals surface area contributed by atoms with Gasteiger partial charge in [-0.1, -0.05) is 36.4 Å². The number of aromatic amines is 1. The Morgan fingerprint density at radius 3 is 2.44 bits per heavy atom. The van der Waals surface area contributed by atoms with E-state index in [9.17, 15) is 14.4 Å². The monoisotopic (exact) mass is 450 g/mol. The average Bonchev–Trinajstić information content (AvgIpc) is 3.58. The zero-order valence-electron chi connectivity index (χ0n) is 18.4. The van der Waals surface area contributed by atoms with Crippen LogP contribution in [0.25, 0.3) is 11.0 Å². The van der Waals surface area contributed by atoms with Gasteiger partial charge in [0.15, 0.2) is 0 Å². The fourth-order valence-corrected chi connectivity index (χ4v) is 4.96. The van der Waals surface area contributed by atoms with E-state index in [1.807, 2.05) is 35.2 Å². The lowest BCUT2D eigenvalue weighted by Gasteiger charge is -2.23. The summed E-state index contributed by atoms with van der Waals surface area (Å²) in [5.74, 6) is 0.116. The van der Waals surface area contributed by atoms with E-state index >= 15 is 0 Å². The van der Waals surface area contributed by atoms with E-state index < -0.39 is 0 Å². The smallest absolute Gasteiger partial charge is 0.261 e. The van der Waals surface area contributed by atoms with Gasteiger partial charge in [-0.25, -0.2) is 4.98 Å². The summed E-state index contributed by atoms with van der Waals surface area (Å²) in [5, 5.41) is 0. The summed E-state index contributed by atoms with van der Waals surface area (Å²) in [6.07, 6.45) is 1.75. The highest BCUT2D eigenvalue weighted by molar-refractivity contribution is 6.21. The first kappa shape index (κ1) is 20.4. The molecule has 3 aromatic carbocycles. The zero-order valence-corrected chi connectivity index (χ0v) is 18.4. The lowest BCUT2D eigenvalue weighted by Crippen LogP contribution is -2.31. The largest absolute Gasteiger partial charge is 0.340 e. The number of aromatic nitrogens is 2. The van der Waals surface area contributed by atoms with Crippen LogP contribution in [0.1, 0.15) is 61.3 Å². The number of benzene rings is 3. The quantitative estimate of drug-likeness (QED) is 0.469. The molecule has 2 aliphatic heterocycles. The molecule has 0 radical (unpaired) electrons. The van der Waals surface area contributed by atoms with Gasteiger partial charge in [0.05, 0.1) is 34.7 Å². The van der Waals surface area contributed by atoms with Crippen LogP contribution in [0.4, 0.5) is 0 Å². The van der Waals surface area contributed by atoms with E-state index in [0.29, 0.717) is 23.2 Å². The van der Waals surface area contributed by atoms with Gasteiger partial charge < -0.3 is 9.88 Å². The summed E-state index contributed by atoms with van der Waals surface area (Å²) < 4.78 is 0. The standard InChI is InChI=1S/C27H22N4O3/c32-25(30-14-6-13-23(30)24-28-21-11-3-4-12-22(21)29-24)18-8-5-7-17(15-18)16-31-26(33)19-9-1-2-10-20(19)27(31)34/h1-5,7-12,15,23H,6,13-14,16H2,(H,28,29). The second kappa shape index (κ2) is 7.95. The summed E-state index contributed by atoms with van der Waals surface area (Å²) in [4.78, 5) is 50.1. The third kappa shape index (κ3) is 3.28. The molecular formula is C27H22N4O3. The van der Waals surface area contributed by atoms with Crippen molar-refractivity contribution in [3.63, 3.8) is 0 Å². The topological polar surface area (TPSA) is 86.4 Å². The SMILES string of the molecule is O=C1c2ccccc2C(=O)N1Cc1cccc(C(=O)N2CCCC2c2nc3ccccc3[nH]2)c1. The van der Waals surface area contributed by atoms with Crippen LogP contribution in [-0.4, -0.2) is 44.0 Å². The molecule has 168 valence electrons. The van der Waals surface area contributed by atoms with Crippen LogP contribution < -0.4 is 0 Å². The highest BCUT2D eigenvalue weighted by atomic mass is 16.2. The number of imidazole rings is 1. The van der Waals surface area contributed by atoms with Gasteiger partial charge in [0.25, 0.3) is 17.7 Å². The maximum atomic E-state index is 13.5. The van der Waals surface area contributed by atoms with Crippen molar-refractivity contribution >= 4 is 28.8 Å². The van der Waals surface area contributed by atoms with Gasteiger partial charge in [0.2, 0.25) is 0 Å². The molecule has 0 aliphatic carbocycles. The van der Waals surface area contributed by atoms with Gasteiger partial charge in [-0.05, 0) is 54.8 Å². The first-order valence-corrected chi connectivity index (χ1v) is 11.4. The molecular weight excluding hydrogens is 428 g/mol. The number of carbonyl (C=O) groups excluding carboxylic acids is 3. The normalized spacial score (nSPS) is 17.6. The van der Waals surface area contributed by atoms with Gasteiger partial charge in [-0.2, -0.15) is 0 Å². The Balaban J connectivity index is 1.24. The number of hydrogen-bond donors (Lipinski definition) is 1. The summed E-state index contributed by atoms with van der Waals surface area (Å²) in [7, 11) is 0. The second-order valence-corrected chi connectivity index (χ2v) is 8.74. The summed E-state index contributed by atoms with van der Waals surface area (Å²) >= 11 is 0. The number of rotatable bonds is 4. The van der Waals surface area contributed by atoms with Crippen LogP contribution in [0.3, 0.4) is 0 Å². The molecule has 1 N–H and O–H groups in total. The lowest BCUT2D eigenvalue weighted by atomic mass is 10.1. The maximum absolute atomic E-state index is 13.5. The molecule has 7 heteroatoms. The number of imide groups is 1. The second-order valence-electron chi connectivity index (χ2n) is 8.74. The zero-order chi connectivity index (χ0) is 23.2. The van der Waals surface area contributed by atoms with Crippen molar-refractivity contribution in [2.45, 2.75) is 25.4 Å². The van der Waals surface area contributed by atoms with Gasteiger partial charge in [-0.15, -0.1) is 0 Å². The Morgan fingerprint density at radius 1 is 0.941 bits per heavy atom. The first-order valence-electron chi connectivity index (χ1n) is 11.4. The van der Waals surface area contributed by atoms with Crippen molar-refractivity contribution < 1.29 is 14.4 Å². The Hall–Kier alpha value is -4.26. The van der Waals surface area contributed by atoms with Crippen molar-refractivity contribution in [2.75, 3.05) is 6.54 Å². The molecule has 0 saturated carbocycles. The molecule has 0 spiro atoms. The fraction of sp³-hybridized carbons (Fsp3) is 0.185. The van der Waals surface area contributed by atoms with Gasteiger partial charge in [-0.3, -0.25) is 19.3 Å². The molecule has 1 unspecified atom stereocenters. The molecule has 4 aromatic rings. The summed E-state index contributed by atoms with van der Waals surface area (Å²) in [6, 6.07) is 21.8. The van der Waals surface area contributed by atoms with Crippen LogP contribution in [0.2, 0.25) is 0 Å². The number of nitrogens with one attached hydrogen (secondary N) is 1. The van der Waals surface area contributed by atoms with Gasteiger partial charge in [0.1, 0.15) is 5.82 Å². The Morgan fingerprint density at radius 2 is 1.68 bits per heavy atom. The van der Waals surface area contributed by atoms with E-state index in [2.05, 4.69) is 4.98 Å². The molecule has 3 heterocycles. The van der Waals surface area contributed by atoms with Crippen molar-refractivity contribution in [1.29, 1.82) is 0 Å². The van der Waals surface area contributed by atoms with Crippen LogP contribution in [0.15, 0.2) is 72.8 Å². The number of likely N-dealkylation sites (tertiary alicyclic amines) is 1. The third-order valence-electron chi connectivity index (χ3n) is 6.63. The predicted molar refractivity (Wildman–Crippen MR) is 126 cm³/mol. The lowest BCUT2D eigenvalue weighted by molar-refractivity contribution is 0.0642. The summed E-state index contributed by atoms with van der Waals surface area (Å²) in [6.45, 7) is 0.781. The van der Waals surface area contributed by atoms with Gasteiger partial charge in [0, 0.05) is 12.1 Å². The minimum absolute atomic E-state index is 0.0767. The van der Waals surface area contributed by atoms with Crippen molar-refractivity contribution in [3.05, 3.63) is 101 Å². The minimum Gasteiger partial charge on any atom is -0.340 e. The molecule has 2 aliphatic rings. The van der Waals surface area contributed by atoms with E-state index in [0.717, 1.165) is 35.3 Å². The number of H-pyrrole nitrogens is 1. The van der Waals surface area contributed by atoms with E-state index in [1.54, 1.807) is 42.5 Å². The summed E-state index contributed by atoms with van der Waals surface area (Å²) in [5.41, 5.74) is 3.97. The molecule has 34 heavy (non-hydrogen) atoms. The molecule has 3 amide bonds. The Labute approximate surface area is 196 Å². The molecule has 6 rings (SSSR count). The van der Waals surface area contributed by atoms with Crippen LogP contribution >= 0.6 is 0 Å². The van der Waals surface area contributed by atoms with Crippen molar-refractivity contribution in [2.24, 2.45) is 0 Å². The highest BCUT2D eigenvalue weighted by Crippen LogP contribution is 2.33. The minimum atomic E-state index is -0.304. The first-order chi connectivity index (χ1) is 16.6. The van der Waals surface area contributed by atoms with Crippen molar-refractivity contribution in [1.82, 2.24) is 19.8 Å². The highest BCUT2D eigenvalue weighted by Gasteiger charge is 2.36. The average molecular weight is 450 g/mol. The molecule has 1 saturated heterocycles. The number of carbonyl (C=O) groups is 3. The maximum Gasteiger partial charge on any atom is 0.261 e. The number of amides is 3. The Kier molecular flexibility index (Phi) is 4.76. The Bertz CT molecular complexity index is 1390. The number of para-hydroxylation sites is 2. The fourth-order valence-electron chi connectivity index (χ4n) is 4.96. The molecule has 1 fully saturated rings. The van der Waals surface area contributed by atoms with Crippen LogP contribution in [0.5, 0.6) is 0 Å². The van der Waals surface area contributed by atoms with Crippen molar-refractivity contribution in [3.8, 4) is 0 Å². The number of fused-ring (bicyclic) bond motifs is 2. The number of hydrogen-bond acceptors (Lipinski definition) is 4. The van der Waals surface area contributed by atoms with Gasteiger partial charge >= 0.3 is 0 Å². The van der Waals surface area contributed by atoms with E-state index in [4.69, 9.17) is 4.98 Å². The third-order valence-corrected chi connectivity index (χ3v) is 6.63. The van der Waals surface area contributed by atoms with Crippen LogP contribution in [-0.2, 0) is 6.54 Å².